The van der Waals surface area contributed by atoms with Crippen molar-refractivity contribution in [2.45, 2.75) is 64.8 Å². The molecule has 1 aromatic rings. The molecule has 0 amide bonds. The molecule has 0 aliphatic heterocycles. The molecule has 1 fully saturated rings. The van der Waals surface area contributed by atoms with Gasteiger partial charge in [0.05, 0.1) is 0 Å². The van der Waals surface area contributed by atoms with Crippen molar-refractivity contribution >= 4 is 11.6 Å². The van der Waals surface area contributed by atoms with E-state index < -0.39 is 0 Å². The van der Waals surface area contributed by atoms with Crippen LogP contribution in [0.5, 0.6) is 0 Å². The van der Waals surface area contributed by atoms with Gasteiger partial charge in [0, 0.05) is 30.7 Å². The molecule has 1 atom stereocenters. The lowest BCUT2D eigenvalue weighted by Gasteiger charge is -2.20. The van der Waals surface area contributed by atoms with Crippen LogP contribution in [0.1, 0.15) is 63.3 Å². The SMILES string of the molecule is CCCNc1nc(C2CC2)nc(NC(CC)CCO)c1C. The van der Waals surface area contributed by atoms with Gasteiger partial charge in [0.15, 0.2) is 0 Å². The third-order valence-corrected chi connectivity index (χ3v) is 3.96. The van der Waals surface area contributed by atoms with Crippen LogP contribution in [0.3, 0.4) is 0 Å². The Balaban J connectivity index is 2.22. The van der Waals surface area contributed by atoms with E-state index in [9.17, 15) is 0 Å². The van der Waals surface area contributed by atoms with Gasteiger partial charge in [-0.05, 0) is 39.0 Å². The molecule has 1 unspecified atom stereocenters. The van der Waals surface area contributed by atoms with Crippen LogP contribution in [0.2, 0.25) is 0 Å². The van der Waals surface area contributed by atoms with Crippen LogP contribution in [0.4, 0.5) is 11.6 Å². The van der Waals surface area contributed by atoms with Crippen molar-refractivity contribution in [3.63, 3.8) is 0 Å². The summed E-state index contributed by atoms with van der Waals surface area (Å²) in [4.78, 5) is 9.43. The molecule has 21 heavy (non-hydrogen) atoms. The first-order valence-corrected chi connectivity index (χ1v) is 8.19. The van der Waals surface area contributed by atoms with E-state index in [-0.39, 0.29) is 12.6 Å². The molecule has 1 aliphatic carbocycles. The topological polar surface area (TPSA) is 70.1 Å². The van der Waals surface area contributed by atoms with Gasteiger partial charge in [-0.2, -0.15) is 0 Å². The largest absolute Gasteiger partial charge is 0.396 e. The molecule has 1 aromatic heterocycles. The third-order valence-electron chi connectivity index (χ3n) is 3.96. The molecule has 1 heterocycles. The van der Waals surface area contributed by atoms with E-state index >= 15 is 0 Å². The summed E-state index contributed by atoms with van der Waals surface area (Å²) >= 11 is 0. The summed E-state index contributed by atoms with van der Waals surface area (Å²) in [6.45, 7) is 7.46. The van der Waals surface area contributed by atoms with Gasteiger partial charge >= 0.3 is 0 Å². The molecule has 5 heteroatoms. The van der Waals surface area contributed by atoms with Gasteiger partial charge in [-0.1, -0.05) is 13.8 Å². The fourth-order valence-electron chi connectivity index (χ4n) is 2.34. The minimum Gasteiger partial charge on any atom is -0.396 e. The number of aromatic nitrogens is 2. The summed E-state index contributed by atoms with van der Waals surface area (Å²) in [5.41, 5.74) is 1.07. The van der Waals surface area contributed by atoms with E-state index in [1.54, 1.807) is 0 Å². The maximum Gasteiger partial charge on any atom is 0.136 e. The predicted octanol–water partition coefficient (Wildman–Crippen LogP) is 3.06. The van der Waals surface area contributed by atoms with Crippen LogP contribution >= 0.6 is 0 Å². The summed E-state index contributed by atoms with van der Waals surface area (Å²) in [7, 11) is 0. The van der Waals surface area contributed by atoms with Crippen molar-refractivity contribution in [3.05, 3.63) is 11.4 Å². The fourth-order valence-corrected chi connectivity index (χ4v) is 2.34. The highest BCUT2D eigenvalue weighted by Crippen LogP contribution is 2.39. The molecule has 118 valence electrons. The number of rotatable bonds is 9. The Morgan fingerprint density at radius 1 is 1.24 bits per heavy atom. The second kappa shape index (κ2) is 7.59. The van der Waals surface area contributed by atoms with Crippen LogP contribution in [0.25, 0.3) is 0 Å². The highest BCUT2D eigenvalue weighted by molar-refractivity contribution is 5.58. The number of aliphatic hydroxyl groups is 1. The predicted molar refractivity (Wildman–Crippen MR) is 86.9 cm³/mol. The molecule has 3 N–H and O–H groups in total. The van der Waals surface area contributed by atoms with E-state index in [2.05, 4.69) is 31.4 Å². The Morgan fingerprint density at radius 2 is 1.95 bits per heavy atom. The van der Waals surface area contributed by atoms with E-state index in [1.165, 1.54) is 12.8 Å². The second-order valence-electron chi connectivity index (χ2n) is 5.87. The normalized spacial score (nSPS) is 15.8. The number of aliphatic hydroxyl groups excluding tert-OH is 1. The number of hydrogen-bond donors (Lipinski definition) is 3. The average molecular weight is 292 g/mol. The zero-order valence-corrected chi connectivity index (χ0v) is 13.4. The Labute approximate surface area is 127 Å². The maximum atomic E-state index is 9.15. The lowest BCUT2D eigenvalue weighted by atomic mass is 10.1. The minimum absolute atomic E-state index is 0.200. The van der Waals surface area contributed by atoms with Crippen LogP contribution in [0, 0.1) is 6.92 Å². The van der Waals surface area contributed by atoms with Gasteiger partial charge in [-0.3, -0.25) is 0 Å². The standard InChI is InChI=1S/C16H28N4O/c1-4-9-17-14-11(3)15(18-13(5-2)8-10-21)20-16(19-14)12-6-7-12/h12-13,21H,4-10H2,1-3H3,(H2,17,18,19,20). The van der Waals surface area contributed by atoms with Gasteiger partial charge in [0.2, 0.25) is 0 Å². The highest BCUT2D eigenvalue weighted by atomic mass is 16.3. The Bertz CT molecular complexity index is 460. The molecular formula is C16H28N4O. The van der Waals surface area contributed by atoms with E-state index in [1.807, 2.05) is 0 Å². The summed E-state index contributed by atoms with van der Waals surface area (Å²) in [6, 6.07) is 0.259. The molecule has 0 aromatic carbocycles. The molecule has 0 radical (unpaired) electrons. The van der Waals surface area contributed by atoms with Gasteiger partial charge in [0.25, 0.3) is 0 Å². The van der Waals surface area contributed by atoms with E-state index in [0.29, 0.717) is 5.92 Å². The number of hydrogen-bond acceptors (Lipinski definition) is 5. The minimum atomic E-state index is 0.200. The summed E-state index contributed by atoms with van der Waals surface area (Å²) in [6.07, 6.45) is 5.19. The monoisotopic (exact) mass is 292 g/mol. The van der Waals surface area contributed by atoms with Crippen LogP contribution < -0.4 is 10.6 Å². The average Bonchev–Trinajstić information content (AvgIpc) is 3.32. The van der Waals surface area contributed by atoms with Crippen LogP contribution in [0.15, 0.2) is 0 Å². The molecule has 2 rings (SSSR count). The molecule has 1 aliphatic rings. The summed E-state index contributed by atoms with van der Waals surface area (Å²) in [5, 5.41) is 16.0. The van der Waals surface area contributed by atoms with Crippen molar-refractivity contribution in [3.8, 4) is 0 Å². The van der Waals surface area contributed by atoms with E-state index in [0.717, 1.165) is 48.8 Å². The maximum absolute atomic E-state index is 9.15. The molecule has 0 spiro atoms. The zero-order chi connectivity index (χ0) is 15.2. The van der Waals surface area contributed by atoms with Gasteiger partial charge in [-0.25, -0.2) is 9.97 Å². The quantitative estimate of drug-likeness (QED) is 0.652. The summed E-state index contributed by atoms with van der Waals surface area (Å²) < 4.78 is 0. The Hall–Kier alpha value is -1.36. The van der Waals surface area contributed by atoms with Crippen LogP contribution in [-0.4, -0.2) is 34.3 Å². The zero-order valence-electron chi connectivity index (χ0n) is 13.4. The highest BCUT2D eigenvalue weighted by Gasteiger charge is 2.28. The fraction of sp³-hybridized carbons (Fsp3) is 0.750. The van der Waals surface area contributed by atoms with Crippen molar-refractivity contribution in [2.75, 3.05) is 23.8 Å². The van der Waals surface area contributed by atoms with Crippen molar-refractivity contribution < 1.29 is 5.11 Å². The van der Waals surface area contributed by atoms with Gasteiger partial charge in [-0.15, -0.1) is 0 Å². The lowest BCUT2D eigenvalue weighted by molar-refractivity contribution is 0.278. The third kappa shape index (κ3) is 4.30. The molecule has 0 bridgehead atoms. The smallest absolute Gasteiger partial charge is 0.136 e. The number of nitrogens with zero attached hydrogens (tertiary/aromatic N) is 2. The first kappa shape index (κ1) is 16.0. The molecule has 5 nitrogen and oxygen atoms in total. The van der Waals surface area contributed by atoms with Crippen molar-refractivity contribution in [1.29, 1.82) is 0 Å². The van der Waals surface area contributed by atoms with E-state index in [4.69, 9.17) is 15.1 Å². The molecular weight excluding hydrogens is 264 g/mol. The molecule has 1 saturated carbocycles. The second-order valence-corrected chi connectivity index (χ2v) is 5.87. The first-order chi connectivity index (χ1) is 10.2. The van der Waals surface area contributed by atoms with Crippen LogP contribution in [-0.2, 0) is 0 Å². The van der Waals surface area contributed by atoms with Crippen molar-refractivity contribution in [1.82, 2.24) is 9.97 Å². The van der Waals surface area contributed by atoms with Gasteiger partial charge < -0.3 is 15.7 Å². The Morgan fingerprint density at radius 3 is 2.52 bits per heavy atom. The summed E-state index contributed by atoms with van der Waals surface area (Å²) in [5.74, 6) is 3.37. The van der Waals surface area contributed by atoms with Crippen molar-refractivity contribution in [2.24, 2.45) is 0 Å². The lowest BCUT2D eigenvalue weighted by Crippen LogP contribution is -2.22. The number of nitrogens with one attached hydrogen (secondary N) is 2. The molecule has 0 saturated heterocycles. The number of anilines is 2. The van der Waals surface area contributed by atoms with Gasteiger partial charge in [0.1, 0.15) is 17.5 Å². The first-order valence-electron chi connectivity index (χ1n) is 8.19. The Kier molecular flexibility index (Phi) is 5.79.